The van der Waals surface area contributed by atoms with Gasteiger partial charge in [0.25, 0.3) is 0 Å². The first kappa shape index (κ1) is 14.8. The molecule has 0 saturated carbocycles. The SMILES string of the molecule is CCCc1c(O)ccc(OCc2ccccc2)c1[N+](=O)[O-]. The topological polar surface area (TPSA) is 72.6 Å². The Balaban J connectivity index is 2.30. The van der Waals surface area contributed by atoms with Gasteiger partial charge < -0.3 is 9.84 Å². The minimum atomic E-state index is -0.495. The van der Waals surface area contributed by atoms with Crippen molar-refractivity contribution >= 4 is 5.69 Å². The van der Waals surface area contributed by atoms with E-state index in [0.717, 1.165) is 5.56 Å². The minimum absolute atomic E-state index is 0.0596. The fourth-order valence-electron chi connectivity index (χ4n) is 2.15. The van der Waals surface area contributed by atoms with Crippen LogP contribution in [0.3, 0.4) is 0 Å². The van der Waals surface area contributed by atoms with Gasteiger partial charge in [-0.25, -0.2) is 0 Å². The summed E-state index contributed by atoms with van der Waals surface area (Å²) in [6.07, 6.45) is 1.14. The van der Waals surface area contributed by atoms with Crippen LogP contribution in [-0.2, 0) is 13.0 Å². The number of ether oxygens (including phenoxy) is 1. The summed E-state index contributed by atoms with van der Waals surface area (Å²) in [6, 6.07) is 12.3. The van der Waals surface area contributed by atoms with Crippen LogP contribution in [0.15, 0.2) is 42.5 Å². The van der Waals surface area contributed by atoms with Gasteiger partial charge in [-0.3, -0.25) is 10.1 Å². The van der Waals surface area contributed by atoms with Crippen LogP contribution in [0.1, 0.15) is 24.5 Å². The van der Waals surface area contributed by atoms with E-state index in [1.807, 2.05) is 37.3 Å². The second-order valence-corrected chi connectivity index (χ2v) is 4.69. The molecule has 0 fully saturated rings. The van der Waals surface area contributed by atoms with E-state index in [4.69, 9.17) is 4.74 Å². The van der Waals surface area contributed by atoms with Crippen molar-refractivity contribution in [3.05, 3.63) is 63.7 Å². The van der Waals surface area contributed by atoms with Gasteiger partial charge in [-0.1, -0.05) is 43.7 Å². The van der Waals surface area contributed by atoms with Crippen LogP contribution in [0.25, 0.3) is 0 Å². The number of hydrogen-bond acceptors (Lipinski definition) is 4. The van der Waals surface area contributed by atoms with Crippen molar-refractivity contribution in [2.24, 2.45) is 0 Å². The van der Waals surface area contributed by atoms with Gasteiger partial charge >= 0.3 is 5.69 Å². The maximum atomic E-state index is 11.3. The molecule has 0 spiro atoms. The Labute approximate surface area is 123 Å². The number of phenolic OH excluding ortho intramolecular Hbond substituents is 1. The van der Waals surface area contributed by atoms with E-state index in [2.05, 4.69) is 0 Å². The standard InChI is InChI=1S/C16H17NO4/c1-2-6-13-14(18)9-10-15(16(13)17(19)20)21-11-12-7-4-3-5-8-12/h3-5,7-10,18H,2,6,11H2,1H3. The summed E-state index contributed by atoms with van der Waals surface area (Å²) in [5, 5.41) is 21.1. The van der Waals surface area contributed by atoms with Crippen LogP contribution in [-0.4, -0.2) is 10.0 Å². The molecule has 0 bridgehead atoms. The maximum Gasteiger partial charge on any atom is 0.317 e. The lowest BCUT2D eigenvalue weighted by molar-refractivity contribution is -0.386. The van der Waals surface area contributed by atoms with E-state index in [1.165, 1.54) is 12.1 Å². The van der Waals surface area contributed by atoms with Crippen LogP contribution in [0.5, 0.6) is 11.5 Å². The van der Waals surface area contributed by atoms with Crippen molar-refractivity contribution in [2.45, 2.75) is 26.4 Å². The summed E-state index contributed by atoms with van der Waals surface area (Å²) >= 11 is 0. The van der Waals surface area contributed by atoms with Gasteiger partial charge in [0.15, 0.2) is 5.75 Å². The molecular weight excluding hydrogens is 270 g/mol. The Morgan fingerprint density at radius 2 is 1.90 bits per heavy atom. The third-order valence-electron chi connectivity index (χ3n) is 3.14. The van der Waals surface area contributed by atoms with Gasteiger partial charge in [-0.15, -0.1) is 0 Å². The van der Waals surface area contributed by atoms with E-state index < -0.39 is 4.92 Å². The Bertz CT molecular complexity index is 626. The van der Waals surface area contributed by atoms with Crippen LogP contribution in [0.4, 0.5) is 5.69 Å². The van der Waals surface area contributed by atoms with E-state index in [0.29, 0.717) is 18.4 Å². The first-order valence-corrected chi connectivity index (χ1v) is 6.79. The largest absolute Gasteiger partial charge is 0.507 e. The van der Waals surface area contributed by atoms with Gasteiger partial charge in [-0.2, -0.15) is 0 Å². The predicted octanol–water partition coefficient (Wildman–Crippen LogP) is 3.83. The number of aromatic hydroxyl groups is 1. The number of nitro benzene ring substituents is 1. The molecule has 5 heteroatoms. The number of rotatable bonds is 6. The van der Waals surface area contributed by atoms with Crippen molar-refractivity contribution in [2.75, 3.05) is 0 Å². The molecular formula is C16H17NO4. The first-order chi connectivity index (χ1) is 10.1. The molecule has 0 aliphatic heterocycles. The average molecular weight is 287 g/mol. The molecule has 2 aromatic rings. The Morgan fingerprint density at radius 3 is 2.52 bits per heavy atom. The molecule has 0 heterocycles. The summed E-state index contributed by atoms with van der Waals surface area (Å²) in [5.74, 6) is 0.126. The maximum absolute atomic E-state index is 11.3. The van der Waals surface area contributed by atoms with Gasteiger partial charge in [0.05, 0.1) is 10.5 Å². The molecule has 5 nitrogen and oxygen atoms in total. The normalized spacial score (nSPS) is 10.3. The summed E-state index contributed by atoms with van der Waals surface area (Å²) in [6.45, 7) is 2.15. The molecule has 1 N–H and O–H groups in total. The zero-order valence-corrected chi connectivity index (χ0v) is 11.8. The number of benzene rings is 2. The lowest BCUT2D eigenvalue weighted by Gasteiger charge is -2.11. The molecule has 21 heavy (non-hydrogen) atoms. The third-order valence-corrected chi connectivity index (χ3v) is 3.14. The molecule has 0 unspecified atom stereocenters. The number of hydrogen-bond donors (Lipinski definition) is 1. The van der Waals surface area contributed by atoms with Crippen molar-refractivity contribution in [3.63, 3.8) is 0 Å². The van der Waals surface area contributed by atoms with Crippen LogP contribution in [0, 0.1) is 10.1 Å². The Hall–Kier alpha value is -2.56. The fraction of sp³-hybridized carbons (Fsp3) is 0.250. The molecule has 110 valence electrons. The second kappa shape index (κ2) is 6.74. The van der Waals surface area contributed by atoms with Gasteiger partial charge in [0.1, 0.15) is 12.4 Å². The minimum Gasteiger partial charge on any atom is -0.507 e. The summed E-state index contributed by atoms with van der Waals surface area (Å²) in [5.41, 5.74) is 1.11. The first-order valence-electron chi connectivity index (χ1n) is 6.79. The highest BCUT2D eigenvalue weighted by atomic mass is 16.6. The van der Waals surface area contributed by atoms with E-state index in [9.17, 15) is 15.2 Å². The number of phenols is 1. The van der Waals surface area contributed by atoms with Crippen molar-refractivity contribution in [3.8, 4) is 11.5 Å². The van der Waals surface area contributed by atoms with Crippen molar-refractivity contribution in [1.29, 1.82) is 0 Å². The molecule has 2 rings (SSSR count). The van der Waals surface area contributed by atoms with Gasteiger partial charge in [0, 0.05) is 0 Å². The van der Waals surface area contributed by atoms with E-state index in [1.54, 1.807) is 0 Å². The highest BCUT2D eigenvalue weighted by Gasteiger charge is 2.23. The quantitative estimate of drug-likeness (QED) is 0.647. The second-order valence-electron chi connectivity index (χ2n) is 4.69. The van der Waals surface area contributed by atoms with E-state index in [-0.39, 0.29) is 23.8 Å². The number of nitrogens with zero attached hydrogens (tertiary/aromatic N) is 1. The van der Waals surface area contributed by atoms with Crippen LogP contribution >= 0.6 is 0 Å². The molecule has 0 atom stereocenters. The molecule has 0 amide bonds. The summed E-state index contributed by atoms with van der Waals surface area (Å²) in [4.78, 5) is 10.8. The van der Waals surface area contributed by atoms with Gasteiger partial charge in [-0.05, 0) is 24.1 Å². The summed E-state index contributed by atoms with van der Waals surface area (Å²) in [7, 11) is 0. The van der Waals surface area contributed by atoms with Crippen molar-refractivity contribution in [1.82, 2.24) is 0 Å². The zero-order chi connectivity index (χ0) is 15.2. The monoisotopic (exact) mass is 287 g/mol. The lowest BCUT2D eigenvalue weighted by Crippen LogP contribution is -2.02. The number of nitro groups is 1. The predicted molar refractivity (Wildman–Crippen MR) is 79.5 cm³/mol. The Kier molecular flexibility index (Phi) is 4.77. The van der Waals surface area contributed by atoms with Crippen LogP contribution in [0.2, 0.25) is 0 Å². The van der Waals surface area contributed by atoms with Crippen molar-refractivity contribution < 1.29 is 14.8 Å². The molecule has 2 aromatic carbocycles. The smallest absolute Gasteiger partial charge is 0.317 e. The highest BCUT2D eigenvalue weighted by molar-refractivity contribution is 5.58. The molecule has 0 aliphatic carbocycles. The van der Waals surface area contributed by atoms with Crippen LogP contribution < -0.4 is 4.74 Å². The average Bonchev–Trinajstić information content (AvgIpc) is 2.48. The summed E-state index contributed by atoms with van der Waals surface area (Å²) < 4.78 is 5.57. The lowest BCUT2D eigenvalue weighted by atomic mass is 10.1. The third kappa shape index (κ3) is 3.51. The van der Waals surface area contributed by atoms with Gasteiger partial charge in [0.2, 0.25) is 0 Å². The fourth-order valence-corrected chi connectivity index (χ4v) is 2.15. The molecule has 0 saturated heterocycles. The zero-order valence-electron chi connectivity index (χ0n) is 11.8. The highest BCUT2D eigenvalue weighted by Crippen LogP contribution is 2.37. The molecule has 0 radical (unpaired) electrons. The Morgan fingerprint density at radius 1 is 1.19 bits per heavy atom. The van der Waals surface area contributed by atoms with E-state index >= 15 is 0 Å². The molecule has 0 aromatic heterocycles. The molecule has 0 aliphatic rings.